The van der Waals surface area contributed by atoms with Crippen molar-refractivity contribution in [3.05, 3.63) is 42.0 Å². The molecule has 0 heterocycles. The van der Waals surface area contributed by atoms with E-state index >= 15 is 0 Å². The van der Waals surface area contributed by atoms with Gasteiger partial charge in [0, 0.05) is 12.8 Å². The molecule has 142 valence electrons. The molecule has 0 aliphatic rings. The van der Waals surface area contributed by atoms with Gasteiger partial charge >= 0.3 is 11.9 Å². The van der Waals surface area contributed by atoms with E-state index in [4.69, 9.17) is 15.1 Å². The van der Waals surface area contributed by atoms with Crippen LogP contribution in [0.15, 0.2) is 41.6 Å². The van der Waals surface area contributed by atoms with Crippen LogP contribution in [-0.2, 0) is 19.2 Å². The minimum absolute atomic E-state index is 0.0608. The highest BCUT2D eigenvalue weighted by molar-refractivity contribution is 6.35. The van der Waals surface area contributed by atoms with Gasteiger partial charge in [0.25, 0.3) is 0 Å². The van der Waals surface area contributed by atoms with Gasteiger partial charge in [-0.1, -0.05) is 61.8 Å². The van der Waals surface area contributed by atoms with Gasteiger partial charge in [-0.2, -0.15) is 0 Å². The van der Waals surface area contributed by atoms with Gasteiger partial charge in [-0.15, -0.1) is 0 Å². The lowest BCUT2D eigenvalue weighted by Gasteiger charge is -1.98. The molecule has 0 aromatic heterocycles. The Hall–Kier alpha value is -2.96. The van der Waals surface area contributed by atoms with Crippen LogP contribution in [-0.4, -0.2) is 40.3 Å². The number of carbonyl (C=O) groups excluding carboxylic acids is 1. The molecule has 1 aromatic carbocycles. The number of oxime groups is 1. The first-order chi connectivity index (χ1) is 12.4. The van der Waals surface area contributed by atoms with Gasteiger partial charge in [0.15, 0.2) is 5.71 Å². The first-order valence-electron chi connectivity index (χ1n) is 8.32. The van der Waals surface area contributed by atoms with E-state index < -0.39 is 17.7 Å². The van der Waals surface area contributed by atoms with Gasteiger partial charge in [0.2, 0.25) is 5.78 Å². The number of rotatable bonds is 10. The molecule has 0 spiro atoms. The predicted molar refractivity (Wildman–Crippen MR) is 99.0 cm³/mol. The van der Waals surface area contributed by atoms with Gasteiger partial charge in [-0.3, -0.25) is 4.79 Å². The van der Waals surface area contributed by atoms with Gasteiger partial charge in [-0.05, 0) is 18.1 Å². The molecule has 0 unspecified atom stereocenters. The quantitative estimate of drug-likeness (QED) is 0.285. The number of ketones is 1. The Labute approximate surface area is 153 Å². The molecule has 2 N–H and O–H groups in total. The van der Waals surface area contributed by atoms with Crippen molar-refractivity contribution in [1.82, 2.24) is 0 Å². The Balaban J connectivity index is 0.000000660. The lowest BCUT2D eigenvalue weighted by atomic mass is 10.2. The van der Waals surface area contributed by atoms with Crippen molar-refractivity contribution >= 4 is 29.5 Å². The smallest absolute Gasteiger partial charge is 0.372 e. The second-order valence-corrected chi connectivity index (χ2v) is 5.18. The fourth-order valence-corrected chi connectivity index (χ4v) is 1.67. The third-order valence-electron chi connectivity index (χ3n) is 2.90. The van der Waals surface area contributed by atoms with Crippen molar-refractivity contribution < 1.29 is 29.4 Å². The van der Waals surface area contributed by atoms with Gasteiger partial charge in [0.05, 0.1) is 0 Å². The molecule has 7 heteroatoms. The van der Waals surface area contributed by atoms with E-state index in [0.29, 0.717) is 12.8 Å². The van der Waals surface area contributed by atoms with Crippen LogP contribution in [0.1, 0.15) is 45.1 Å². The van der Waals surface area contributed by atoms with Crippen LogP contribution in [0.5, 0.6) is 0 Å². The van der Waals surface area contributed by atoms with Crippen molar-refractivity contribution in [1.29, 1.82) is 0 Å². The number of carboxylic acid groups (broad SMARTS) is 2. The third kappa shape index (κ3) is 11.6. The van der Waals surface area contributed by atoms with E-state index in [1.54, 1.807) is 13.0 Å². The molecule has 26 heavy (non-hydrogen) atoms. The summed E-state index contributed by atoms with van der Waals surface area (Å²) >= 11 is 0. The standard InChI is InChI=1S/C14H17NO3.C5H8O3/c1-2-7-13(14(16)17)15-18-11-6-10-12-8-4-3-5-9-12;1-2-3-4(6)5(7)8/h3-6,8-10H,2,7,11H2,1H3,(H,16,17);2-3H2,1H3,(H,7,8)/b10-6+,15-13-;. The fraction of sp³-hybridized carbons (Fsp3) is 0.368. The summed E-state index contributed by atoms with van der Waals surface area (Å²) in [5, 5.41) is 20.4. The third-order valence-corrected chi connectivity index (χ3v) is 2.90. The Kier molecular flexibility index (Phi) is 12.8. The van der Waals surface area contributed by atoms with Crippen molar-refractivity contribution in [2.75, 3.05) is 6.61 Å². The summed E-state index contributed by atoms with van der Waals surface area (Å²) in [4.78, 5) is 35.6. The van der Waals surface area contributed by atoms with Crippen molar-refractivity contribution in [3.8, 4) is 0 Å². The minimum atomic E-state index is -1.33. The molecular formula is C19H25NO6. The van der Waals surface area contributed by atoms with Crippen LogP contribution in [0, 0.1) is 0 Å². The molecule has 0 aliphatic heterocycles. The Morgan fingerprint density at radius 3 is 2.08 bits per heavy atom. The highest BCUT2D eigenvalue weighted by Crippen LogP contribution is 2.01. The summed E-state index contributed by atoms with van der Waals surface area (Å²) in [6.07, 6.45) is 5.59. The number of hydrogen-bond donors (Lipinski definition) is 2. The minimum Gasteiger partial charge on any atom is -0.477 e. The summed E-state index contributed by atoms with van der Waals surface area (Å²) in [5.41, 5.74) is 1.13. The van der Waals surface area contributed by atoms with E-state index in [-0.39, 0.29) is 18.7 Å². The van der Waals surface area contributed by atoms with Crippen LogP contribution < -0.4 is 0 Å². The summed E-state index contributed by atoms with van der Waals surface area (Å²) in [7, 11) is 0. The molecule has 1 aromatic rings. The number of benzene rings is 1. The predicted octanol–water partition coefficient (Wildman–Crippen LogP) is 3.40. The van der Waals surface area contributed by atoms with Crippen molar-refractivity contribution in [2.24, 2.45) is 5.16 Å². The Bertz CT molecular complexity index is 622. The van der Waals surface area contributed by atoms with E-state index in [0.717, 1.165) is 12.0 Å². The number of carboxylic acids is 2. The van der Waals surface area contributed by atoms with Crippen molar-refractivity contribution in [2.45, 2.75) is 39.5 Å². The molecule has 0 fully saturated rings. The lowest BCUT2D eigenvalue weighted by molar-refractivity contribution is -0.149. The summed E-state index contributed by atoms with van der Waals surface area (Å²) in [6, 6.07) is 9.78. The first kappa shape index (κ1) is 23.0. The number of aliphatic carboxylic acids is 2. The molecule has 0 saturated carbocycles. The number of carbonyl (C=O) groups is 3. The van der Waals surface area contributed by atoms with E-state index in [1.165, 1.54) is 0 Å². The molecular weight excluding hydrogens is 338 g/mol. The topological polar surface area (TPSA) is 113 Å². The molecule has 7 nitrogen and oxygen atoms in total. The monoisotopic (exact) mass is 363 g/mol. The molecule has 0 atom stereocenters. The summed E-state index contributed by atoms with van der Waals surface area (Å²) < 4.78 is 0. The maximum Gasteiger partial charge on any atom is 0.372 e. The molecule has 1 rings (SSSR count). The first-order valence-corrected chi connectivity index (χ1v) is 8.32. The zero-order valence-electron chi connectivity index (χ0n) is 15.1. The van der Waals surface area contributed by atoms with Crippen LogP contribution in [0.25, 0.3) is 6.08 Å². The number of hydrogen-bond acceptors (Lipinski definition) is 5. The van der Waals surface area contributed by atoms with Crippen LogP contribution in [0.3, 0.4) is 0 Å². The number of Topliss-reactive ketones (excluding diaryl/α,β-unsaturated/α-hetero) is 1. The molecule has 0 bridgehead atoms. The highest BCUT2D eigenvalue weighted by Gasteiger charge is 2.08. The SMILES string of the molecule is CCC/C(=N/OC/C=C/c1ccccc1)C(=O)O.CCCC(=O)C(=O)O. The van der Waals surface area contributed by atoms with E-state index in [9.17, 15) is 14.4 Å². The van der Waals surface area contributed by atoms with Gasteiger partial charge in [0.1, 0.15) is 6.61 Å². The van der Waals surface area contributed by atoms with Crippen LogP contribution in [0.4, 0.5) is 0 Å². The molecule has 0 aliphatic carbocycles. The number of nitrogens with zero attached hydrogens (tertiary/aromatic N) is 1. The molecule has 0 radical (unpaired) electrons. The average molecular weight is 363 g/mol. The summed E-state index contributed by atoms with van der Waals surface area (Å²) in [6.45, 7) is 3.92. The molecule has 0 saturated heterocycles. The molecule has 0 amide bonds. The normalized spacial score (nSPS) is 10.8. The van der Waals surface area contributed by atoms with Crippen LogP contribution >= 0.6 is 0 Å². The van der Waals surface area contributed by atoms with Crippen LogP contribution in [0.2, 0.25) is 0 Å². The van der Waals surface area contributed by atoms with E-state index in [2.05, 4.69) is 5.16 Å². The average Bonchev–Trinajstić information content (AvgIpc) is 2.62. The van der Waals surface area contributed by atoms with Gasteiger partial charge in [-0.25, -0.2) is 9.59 Å². The lowest BCUT2D eigenvalue weighted by Crippen LogP contribution is -2.13. The maximum atomic E-state index is 10.7. The Morgan fingerprint density at radius 1 is 1.00 bits per heavy atom. The Morgan fingerprint density at radius 2 is 1.62 bits per heavy atom. The zero-order chi connectivity index (χ0) is 19.8. The second-order valence-electron chi connectivity index (χ2n) is 5.18. The maximum absolute atomic E-state index is 10.7. The zero-order valence-corrected chi connectivity index (χ0v) is 15.1. The van der Waals surface area contributed by atoms with Gasteiger partial charge < -0.3 is 15.1 Å². The largest absolute Gasteiger partial charge is 0.477 e. The highest BCUT2D eigenvalue weighted by atomic mass is 16.6. The van der Waals surface area contributed by atoms with Crippen molar-refractivity contribution in [3.63, 3.8) is 0 Å². The van der Waals surface area contributed by atoms with E-state index in [1.807, 2.05) is 43.3 Å². The second kappa shape index (κ2) is 14.4. The summed E-state index contributed by atoms with van der Waals surface area (Å²) in [5.74, 6) is -3.05. The fourth-order valence-electron chi connectivity index (χ4n) is 1.67.